The molecule has 0 aliphatic heterocycles. The van der Waals surface area contributed by atoms with Crippen LogP contribution in [0.1, 0.15) is 57.4 Å². The molecule has 0 N–H and O–H groups in total. The van der Waals surface area contributed by atoms with Crippen LogP contribution in [0, 0.1) is 0 Å². The van der Waals surface area contributed by atoms with Crippen molar-refractivity contribution in [3.05, 3.63) is 29.8 Å². The van der Waals surface area contributed by atoms with Crippen LogP contribution in [-0.2, 0) is 15.5 Å². The summed E-state index contributed by atoms with van der Waals surface area (Å²) in [7, 11) is -2.78. The summed E-state index contributed by atoms with van der Waals surface area (Å²) in [6.45, 7) is 2.53. The van der Waals surface area contributed by atoms with E-state index in [1.807, 2.05) is 12.1 Å². The summed E-state index contributed by atoms with van der Waals surface area (Å²) < 4.78 is 20.0. The summed E-state index contributed by atoms with van der Waals surface area (Å²) in [6, 6.07) is 7.99. The first-order chi connectivity index (χ1) is 10.7. The first-order valence-electron chi connectivity index (χ1n) is 8.21. The second-order valence-corrected chi connectivity index (χ2v) is 6.13. The predicted molar refractivity (Wildman–Crippen MR) is 87.2 cm³/mol. The highest BCUT2D eigenvalue weighted by Crippen LogP contribution is 2.16. The molecule has 0 heterocycles. The Morgan fingerprint density at radius 3 is 2.23 bits per heavy atom. The zero-order valence-electron chi connectivity index (χ0n) is 13.5. The van der Waals surface area contributed by atoms with Gasteiger partial charge >= 0.3 is 8.25 Å². The third-order valence-corrected chi connectivity index (χ3v) is 3.93. The number of hydrogen-bond donors (Lipinski definition) is 0. The van der Waals surface area contributed by atoms with Gasteiger partial charge in [-0.25, -0.2) is 0 Å². The Hall–Kier alpha value is -0.960. The second kappa shape index (κ2) is 12.6. The smallest absolute Gasteiger partial charge is 0.488 e. The van der Waals surface area contributed by atoms with E-state index in [2.05, 4.69) is 23.6 Å². The van der Waals surface area contributed by atoms with Crippen LogP contribution in [0.25, 0.3) is 0 Å². The molecule has 5 heteroatoms. The van der Waals surface area contributed by atoms with Crippen molar-refractivity contribution in [2.75, 3.05) is 13.2 Å². The average Bonchev–Trinajstić information content (AvgIpc) is 2.52. The van der Waals surface area contributed by atoms with E-state index in [9.17, 15) is 9.46 Å². The lowest BCUT2D eigenvalue weighted by atomic mass is 10.0. The zero-order valence-corrected chi connectivity index (χ0v) is 14.4. The molecule has 1 atom stereocenters. The number of hydrogen-bond acceptors (Lipinski definition) is 4. The molecule has 4 nitrogen and oxygen atoms in total. The van der Waals surface area contributed by atoms with Gasteiger partial charge in [-0.15, -0.1) is 4.52 Å². The number of rotatable bonds is 13. The molecule has 22 heavy (non-hydrogen) atoms. The predicted octanol–water partition coefficient (Wildman–Crippen LogP) is 4.39. The van der Waals surface area contributed by atoms with Gasteiger partial charge in [-0.2, -0.15) is 0 Å². The van der Waals surface area contributed by atoms with Gasteiger partial charge in [0.1, 0.15) is 19.0 Å². The maximum atomic E-state index is 10.2. The third-order valence-electron chi connectivity index (χ3n) is 3.54. The third kappa shape index (κ3) is 9.88. The summed E-state index contributed by atoms with van der Waals surface area (Å²) in [5, 5.41) is 0. The van der Waals surface area contributed by atoms with E-state index in [-0.39, 0.29) is 13.2 Å². The van der Waals surface area contributed by atoms with E-state index in [0.717, 1.165) is 12.2 Å². The maximum Gasteiger partial charge on any atom is 0.488 e. The van der Waals surface area contributed by atoms with Crippen molar-refractivity contribution in [1.82, 2.24) is 0 Å². The Morgan fingerprint density at radius 2 is 1.59 bits per heavy atom. The van der Waals surface area contributed by atoms with Crippen molar-refractivity contribution in [1.29, 1.82) is 0 Å². The van der Waals surface area contributed by atoms with Crippen molar-refractivity contribution < 1.29 is 18.7 Å². The Bertz CT molecular complexity index is 406. The number of unbranched alkanes of at least 4 members (excludes halogenated alkanes) is 6. The zero-order chi connectivity index (χ0) is 16.0. The lowest BCUT2D eigenvalue weighted by molar-refractivity contribution is -0.186. The summed E-state index contributed by atoms with van der Waals surface area (Å²) in [6.07, 6.45) is 10.4. The second-order valence-electron chi connectivity index (χ2n) is 5.42. The van der Waals surface area contributed by atoms with Gasteiger partial charge in [0.05, 0.1) is 0 Å². The van der Waals surface area contributed by atoms with Crippen LogP contribution in [0.2, 0.25) is 0 Å². The van der Waals surface area contributed by atoms with Crippen LogP contribution in [0.3, 0.4) is 0 Å². The lowest BCUT2D eigenvalue weighted by Crippen LogP contribution is -2.05. The highest BCUT2D eigenvalue weighted by molar-refractivity contribution is 7.30. The quantitative estimate of drug-likeness (QED) is 0.398. The van der Waals surface area contributed by atoms with Crippen LogP contribution < -0.4 is 9.63 Å². The van der Waals surface area contributed by atoms with Crippen molar-refractivity contribution >= 4 is 8.25 Å². The van der Waals surface area contributed by atoms with E-state index >= 15 is 0 Å². The molecule has 0 bridgehead atoms. The SMILES string of the molecule is CCCCCCCCCc1ccc(OCCO[P+](=O)[O-])cc1. The molecule has 0 aliphatic rings. The highest BCUT2D eigenvalue weighted by Gasteiger charge is 2.01. The standard InChI is InChI=1S/C17H27O4P/c1-2-3-4-5-6-7-8-9-16-10-12-17(13-11-16)20-14-15-21-22(18)19/h10-13H,2-9,14-15H2,1H3. The van der Waals surface area contributed by atoms with E-state index in [1.165, 1.54) is 50.5 Å². The molecule has 0 spiro atoms. The first-order valence-corrected chi connectivity index (χ1v) is 9.31. The van der Waals surface area contributed by atoms with Gasteiger partial charge in [0.15, 0.2) is 0 Å². The molecule has 124 valence electrons. The fraction of sp³-hybridized carbons (Fsp3) is 0.647. The van der Waals surface area contributed by atoms with Crippen molar-refractivity contribution in [2.24, 2.45) is 0 Å². The van der Waals surface area contributed by atoms with Crippen molar-refractivity contribution in [3.8, 4) is 5.75 Å². The van der Waals surface area contributed by atoms with Gasteiger partial charge in [-0.3, -0.25) is 0 Å². The van der Waals surface area contributed by atoms with E-state index < -0.39 is 8.25 Å². The topological polar surface area (TPSA) is 58.6 Å². The Balaban J connectivity index is 2.09. The minimum Gasteiger partial charge on any atom is -0.566 e. The maximum absolute atomic E-state index is 10.2. The van der Waals surface area contributed by atoms with Gasteiger partial charge in [0.25, 0.3) is 0 Å². The molecular weight excluding hydrogens is 299 g/mol. The van der Waals surface area contributed by atoms with Gasteiger partial charge in [-0.1, -0.05) is 57.6 Å². The van der Waals surface area contributed by atoms with Crippen LogP contribution in [0.4, 0.5) is 0 Å². The molecule has 0 aromatic heterocycles. The molecule has 0 saturated carbocycles. The highest BCUT2D eigenvalue weighted by atomic mass is 31.1. The molecule has 0 aliphatic carbocycles. The van der Waals surface area contributed by atoms with Crippen LogP contribution in [0.15, 0.2) is 24.3 Å². The van der Waals surface area contributed by atoms with Crippen molar-refractivity contribution in [2.45, 2.75) is 58.3 Å². The van der Waals surface area contributed by atoms with Crippen molar-refractivity contribution in [3.63, 3.8) is 0 Å². The Labute approximate surface area is 134 Å². The van der Waals surface area contributed by atoms with E-state index in [1.54, 1.807) is 0 Å². The average molecular weight is 326 g/mol. The van der Waals surface area contributed by atoms with Crippen LogP contribution in [0.5, 0.6) is 5.75 Å². The van der Waals surface area contributed by atoms with Gasteiger partial charge in [-0.05, 0) is 35.1 Å². The van der Waals surface area contributed by atoms with Gasteiger partial charge in [0.2, 0.25) is 0 Å². The first kappa shape index (κ1) is 19.1. The molecule has 1 aromatic rings. The minimum atomic E-state index is -2.78. The molecule has 0 fully saturated rings. The van der Waals surface area contributed by atoms with Crippen LogP contribution in [-0.4, -0.2) is 13.2 Å². The molecule has 0 radical (unpaired) electrons. The summed E-state index contributed by atoms with van der Waals surface area (Å²) in [4.78, 5) is 10.2. The Morgan fingerprint density at radius 1 is 0.955 bits per heavy atom. The number of benzene rings is 1. The van der Waals surface area contributed by atoms with E-state index in [4.69, 9.17) is 4.74 Å². The normalized spacial score (nSPS) is 11.5. The molecule has 1 rings (SSSR count). The molecule has 0 saturated heterocycles. The largest absolute Gasteiger partial charge is 0.566 e. The number of ether oxygens (including phenoxy) is 1. The van der Waals surface area contributed by atoms with E-state index in [0.29, 0.717) is 0 Å². The summed E-state index contributed by atoms with van der Waals surface area (Å²) in [5.74, 6) is 0.744. The van der Waals surface area contributed by atoms with Gasteiger partial charge in [0, 0.05) is 0 Å². The van der Waals surface area contributed by atoms with Crippen LogP contribution >= 0.6 is 8.25 Å². The lowest BCUT2D eigenvalue weighted by Gasteiger charge is -2.06. The summed E-state index contributed by atoms with van der Waals surface area (Å²) in [5.41, 5.74) is 1.32. The monoisotopic (exact) mass is 326 g/mol. The minimum absolute atomic E-state index is 0.0541. The summed E-state index contributed by atoms with van der Waals surface area (Å²) >= 11 is 0. The molecule has 1 unspecified atom stereocenters. The Kier molecular flexibility index (Phi) is 10.9. The molecule has 0 amide bonds. The number of aryl methyl sites for hydroxylation is 1. The molecule has 1 aromatic carbocycles. The molecular formula is C17H27O4P. The fourth-order valence-corrected chi connectivity index (χ4v) is 2.53. The fourth-order valence-electron chi connectivity index (χ4n) is 2.31. The van der Waals surface area contributed by atoms with Gasteiger partial charge < -0.3 is 9.63 Å².